The number of anilines is 1. The van der Waals surface area contributed by atoms with E-state index in [-0.39, 0.29) is 30.7 Å². The number of halogens is 2. The van der Waals surface area contributed by atoms with Gasteiger partial charge in [-0.1, -0.05) is 0 Å². The molecule has 6 rings (SSSR count). The molecule has 0 aromatic carbocycles. The molecule has 0 bridgehead atoms. The third-order valence-corrected chi connectivity index (χ3v) is 7.95. The Morgan fingerprint density at radius 2 is 1.97 bits per heavy atom. The van der Waals surface area contributed by atoms with Crippen molar-refractivity contribution in [2.24, 2.45) is 5.92 Å². The molecule has 3 N–H and O–H groups in total. The fraction of sp³-hybridized carbons (Fsp3) is 0.481. The van der Waals surface area contributed by atoms with Gasteiger partial charge < -0.3 is 20.5 Å². The van der Waals surface area contributed by atoms with E-state index in [1.54, 1.807) is 16.9 Å². The lowest BCUT2D eigenvalue weighted by atomic mass is 9.87. The van der Waals surface area contributed by atoms with Crippen LogP contribution in [-0.2, 0) is 0 Å². The van der Waals surface area contributed by atoms with Crippen molar-refractivity contribution in [3.05, 3.63) is 42.5 Å². The number of likely N-dealkylation sites (tertiary alicyclic amines) is 1. The first-order valence-electron chi connectivity index (χ1n) is 13.3. The van der Waals surface area contributed by atoms with Crippen LogP contribution in [0.25, 0.3) is 27.7 Å². The summed E-state index contributed by atoms with van der Waals surface area (Å²) in [5, 5.41) is 11.6. The van der Waals surface area contributed by atoms with Gasteiger partial charge in [0, 0.05) is 55.0 Å². The van der Waals surface area contributed by atoms with Crippen molar-refractivity contribution in [1.82, 2.24) is 34.8 Å². The molecule has 0 atom stereocenters. The maximum absolute atomic E-state index is 13.4. The Bertz CT molecular complexity index is 1450. The summed E-state index contributed by atoms with van der Waals surface area (Å²) in [6.45, 7) is 2.53. The van der Waals surface area contributed by atoms with Crippen molar-refractivity contribution in [3.63, 3.8) is 0 Å². The molecule has 1 aliphatic heterocycles. The van der Waals surface area contributed by atoms with E-state index in [0.717, 1.165) is 48.0 Å². The summed E-state index contributed by atoms with van der Waals surface area (Å²) in [5.74, 6) is -1.96. The van der Waals surface area contributed by atoms with Crippen LogP contribution < -0.4 is 10.6 Å². The monoisotopic (exact) mass is 522 g/mol. The van der Waals surface area contributed by atoms with Gasteiger partial charge in [-0.15, -0.1) is 0 Å². The van der Waals surface area contributed by atoms with Crippen LogP contribution in [0.5, 0.6) is 0 Å². The maximum Gasteiger partial charge on any atom is 0.255 e. The Morgan fingerprint density at radius 3 is 2.76 bits per heavy atom. The van der Waals surface area contributed by atoms with Gasteiger partial charge in [-0.2, -0.15) is 10.1 Å². The lowest BCUT2D eigenvalue weighted by Crippen LogP contribution is -2.43. The topological polar surface area (TPSA) is 103 Å². The zero-order valence-corrected chi connectivity index (χ0v) is 21.4. The van der Waals surface area contributed by atoms with Gasteiger partial charge in [0.2, 0.25) is 11.9 Å². The first-order valence-corrected chi connectivity index (χ1v) is 13.3. The van der Waals surface area contributed by atoms with Crippen LogP contribution in [-0.4, -0.2) is 74.0 Å². The number of rotatable bonds is 6. The van der Waals surface area contributed by atoms with Crippen molar-refractivity contribution >= 4 is 28.4 Å². The Balaban J connectivity index is 1.18. The van der Waals surface area contributed by atoms with E-state index in [4.69, 9.17) is 0 Å². The number of nitrogens with zero attached hydrogens (tertiary/aromatic N) is 5. The zero-order chi connectivity index (χ0) is 26.3. The average molecular weight is 523 g/mol. The quantitative estimate of drug-likeness (QED) is 0.348. The normalized spacial score (nSPS) is 19.2. The number of carbonyl (C=O) groups excluding carboxylic acids is 1. The highest BCUT2D eigenvalue weighted by Crippen LogP contribution is 2.36. The number of pyridine rings is 1. The molecule has 1 saturated heterocycles. The van der Waals surface area contributed by atoms with Gasteiger partial charge in [0.1, 0.15) is 5.65 Å². The standard InChI is InChI=1S/C27H32F2N8O/c1-36-9-5-19(6-10-36)34-25(38)22-16-33-37-11-4-18(12-23(22)37)20-14-30-24-21(20)15-32-26(35-24)31-13-17-2-7-27(28,29)8-3-17/h4,11-12,14-17,19H,2-3,5-10,13H2,1H3,(H,34,38)(H2,30,31,32,35). The molecular formula is C27H32F2N8O. The second-order valence-electron chi connectivity index (χ2n) is 10.7. The predicted octanol–water partition coefficient (Wildman–Crippen LogP) is 4.33. The number of hydrogen-bond acceptors (Lipinski definition) is 6. The molecule has 0 radical (unpaired) electrons. The molecule has 0 spiro atoms. The van der Waals surface area contributed by atoms with E-state index in [1.165, 1.54) is 0 Å². The Labute approximate surface area is 219 Å². The van der Waals surface area contributed by atoms with E-state index in [9.17, 15) is 13.6 Å². The molecule has 2 fully saturated rings. The molecule has 1 amide bonds. The molecular weight excluding hydrogens is 490 g/mol. The number of aromatic amines is 1. The second-order valence-corrected chi connectivity index (χ2v) is 10.7. The molecule has 4 aromatic rings. The molecule has 4 aromatic heterocycles. The van der Waals surface area contributed by atoms with Crippen molar-refractivity contribution in [3.8, 4) is 11.1 Å². The van der Waals surface area contributed by atoms with Crippen molar-refractivity contribution in [2.45, 2.75) is 50.5 Å². The highest BCUT2D eigenvalue weighted by Gasteiger charge is 2.34. The first-order chi connectivity index (χ1) is 18.3. The van der Waals surface area contributed by atoms with Gasteiger partial charge >= 0.3 is 0 Å². The molecule has 2 aliphatic rings. The number of H-pyrrole nitrogens is 1. The fourth-order valence-corrected chi connectivity index (χ4v) is 5.51. The Hall–Kier alpha value is -3.60. The summed E-state index contributed by atoms with van der Waals surface area (Å²) in [6, 6.07) is 4.08. The number of nitrogens with one attached hydrogen (secondary N) is 3. The van der Waals surface area contributed by atoms with Crippen LogP contribution >= 0.6 is 0 Å². The van der Waals surface area contributed by atoms with E-state index < -0.39 is 5.92 Å². The second kappa shape index (κ2) is 9.94. The number of piperidine rings is 1. The minimum atomic E-state index is -2.52. The van der Waals surface area contributed by atoms with Crippen LogP contribution in [0.3, 0.4) is 0 Å². The highest BCUT2D eigenvalue weighted by atomic mass is 19.3. The molecule has 5 heterocycles. The predicted molar refractivity (Wildman–Crippen MR) is 141 cm³/mol. The fourth-order valence-electron chi connectivity index (χ4n) is 5.51. The van der Waals surface area contributed by atoms with Crippen LogP contribution in [0.2, 0.25) is 0 Å². The summed E-state index contributed by atoms with van der Waals surface area (Å²) < 4.78 is 28.5. The number of hydrogen-bond donors (Lipinski definition) is 3. The van der Waals surface area contributed by atoms with Crippen LogP contribution in [0.4, 0.5) is 14.7 Å². The van der Waals surface area contributed by atoms with Gasteiger partial charge in [0.15, 0.2) is 0 Å². The minimum absolute atomic E-state index is 0.0533. The molecule has 0 unspecified atom stereocenters. The largest absolute Gasteiger partial charge is 0.354 e. The molecule has 1 saturated carbocycles. The van der Waals surface area contributed by atoms with E-state index in [2.05, 4.69) is 42.6 Å². The Morgan fingerprint density at radius 1 is 1.18 bits per heavy atom. The van der Waals surface area contributed by atoms with Crippen molar-refractivity contribution < 1.29 is 13.6 Å². The van der Waals surface area contributed by atoms with E-state index >= 15 is 0 Å². The van der Waals surface area contributed by atoms with Gasteiger partial charge in [-0.25, -0.2) is 18.3 Å². The van der Waals surface area contributed by atoms with E-state index in [1.807, 2.05) is 24.5 Å². The van der Waals surface area contributed by atoms with Crippen LogP contribution in [0.15, 0.2) is 36.9 Å². The molecule has 1 aliphatic carbocycles. The smallest absolute Gasteiger partial charge is 0.255 e. The average Bonchev–Trinajstić information content (AvgIpc) is 3.53. The molecule has 200 valence electrons. The first kappa shape index (κ1) is 24.7. The minimum Gasteiger partial charge on any atom is -0.354 e. The summed E-state index contributed by atoms with van der Waals surface area (Å²) in [7, 11) is 2.10. The summed E-state index contributed by atoms with van der Waals surface area (Å²) >= 11 is 0. The maximum atomic E-state index is 13.4. The molecule has 38 heavy (non-hydrogen) atoms. The molecule has 9 nitrogen and oxygen atoms in total. The number of aromatic nitrogens is 5. The van der Waals surface area contributed by atoms with Gasteiger partial charge in [0.05, 0.1) is 17.3 Å². The third kappa shape index (κ3) is 5.07. The van der Waals surface area contributed by atoms with Gasteiger partial charge in [-0.05, 0) is 69.4 Å². The number of fused-ring (bicyclic) bond motifs is 2. The zero-order valence-electron chi connectivity index (χ0n) is 21.4. The third-order valence-electron chi connectivity index (χ3n) is 7.95. The summed E-state index contributed by atoms with van der Waals surface area (Å²) in [4.78, 5) is 27.6. The number of carbonyl (C=O) groups is 1. The number of amides is 1. The summed E-state index contributed by atoms with van der Waals surface area (Å²) in [5.41, 5.74) is 3.81. The van der Waals surface area contributed by atoms with Crippen molar-refractivity contribution in [2.75, 3.05) is 32.0 Å². The van der Waals surface area contributed by atoms with Gasteiger partial charge in [0.25, 0.3) is 5.91 Å². The number of alkyl halides is 2. The summed E-state index contributed by atoms with van der Waals surface area (Å²) in [6.07, 6.45) is 9.89. The lowest BCUT2D eigenvalue weighted by Gasteiger charge is -2.29. The van der Waals surface area contributed by atoms with Crippen molar-refractivity contribution in [1.29, 1.82) is 0 Å². The van der Waals surface area contributed by atoms with Gasteiger partial charge in [-0.3, -0.25) is 4.79 Å². The van der Waals surface area contributed by atoms with Crippen LogP contribution in [0, 0.1) is 5.92 Å². The van der Waals surface area contributed by atoms with E-state index in [0.29, 0.717) is 36.5 Å². The SMILES string of the molecule is CN1CCC(NC(=O)c2cnn3ccc(-c4c[nH]c5nc(NCC6CCC(F)(F)CC6)ncc45)cc23)CC1. The lowest BCUT2D eigenvalue weighted by molar-refractivity contribution is -0.0443. The highest BCUT2D eigenvalue weighted by molar-refractivity contribution is 6.02. The van der Waals surface area contributed by atoms with Crippen LogP contribution in [0.1, 0.15) is 48.9 Å². The Kier molecular flexibility index (Phi) is 6.46. The molecule has 11 heteroatoms.